The third-order valence-electron chi connectivity index (χ3n) is 9.18. The van der Waals surface area contributed by atoms with E-state index in [0.717, 1.165) is 17.7 Å². The number of nitrogens with one attached hydrogen (secondary N) is 1. The lowest BCUT2D eigenvalue weighted by atomic mass is 9.50. The summed E-state index contributed by atoms with van der Waals surface area (Å²) in [5.41, 5.74) is 5.96. The van der Waals surface area contributed by atoms with Gasteiger partial charge in [-0.3, -0.25) is 4.79 Å². The van der Waals surface area contributed by atoms with Gasteiger partial charge in [-0.1, -0.05) is 19.9 Å². The molecule has 1 fully saturated rings. The van der Waals surface area contributed by atoms with Crippen molar-refractivity contribution in [1.29, 1.82) is 0 Å². The molecule has 5 rings (SSSR count). The van der Waals surface area contributed by atoms with Crippen molar-refractivity contribution >= 4 is 17.8 Å². The van der Waals surface area contributed by atoms with Gasteiger partial charge in [0.15, 0.2) is 23.7 Å². The fraction of sp³-hybridized carbons (Fsp3) is 0.633. The van der Waals surface area contributed by atoms with E-state index in [1.165, 1.54) is 13.8 Å². The van der Waals surface area contributed by atoms with Crippen LogP contribution in [0.15, 0.2) is 24.0 Å². The first kappa shape index (κ1) is 29.3. The van der Waals surface area contributed by atoms with E-state index in [-0.39, 0.29) is 24.1 Å². The van der Waals surface area contributed by atoms with Gasteiger partial charge in [0.1, 0.15) is 11.8 Å². The van der Waals surface area contributed by atoms with Gasteiger partial charge in [0.25, 0.3) is 0 Å². The van der Waals surface area contributed by atoms with Gasteiger partial charge in [0, 0.05) is 18.0 Å². The number of esters is 2. The van der Waals surface area contributed by atoms with E-state index in [1.54, 1.807) is 13.2 Å². The van der Waals surface area contributed by atoms with Gasteiger partial charge in [0.2, 0.25) is 5.91 Å². The molecule has 0 aromatic heterocycles. The highest BCUT2D eigenvalue weighted by molar-refractivity contribution is 5.88. The van der Waals surface area contributed by atoms with Gasteiger partial charge in [-0.15, -0.1) is 0 Å². The normalized spacial score (nSPS) is 29.8. The molecule has 11 heteroatoms. The maximum Gasteiger partial charge on any atom is 0.352 e. The lowest BCUT2D eigenvalue weighted by Crippen LogP contribution is -2.74. The molecule has 1 saturated heterocycles. The number of likely N-dealkylation sites (tertiary alicyclic amines) is 1. The molecule has 0 saturated carbocycles. The summed E-state index contributed by atoms with van der Waals surface area (Å²) in [6.45, 7) is 7.52. The SMILES string of the molecule is COc1ccc2c3c1O[C@H]1C(OC(=O)[C@H](C)OC(=O)[C@H](C)NC(=O)[C@@H](N)CC(C)C)=CC[C@@]4(O)[C@H](C2)N(C)CC[C@]314. The minimum Gasteiger partial charge on any atom is -0.493 e. The van der Waals surface area contributed by atoms with Crippen LogP contribution in [-0.4, -0.2) is 84.5 Å². The molecule has 41 heavy (non-hydrogen) atoms. The summed E-state index contributed by atoms with van der Waals surface area (Å²) in [6, 6.07) is 2.01. The van der Waals surface area contributed by atoms with Crippen molar-refractivity contribution in [2.45, 2.75) is 94.7 Å². The molecule has 0 unspecified atom stereocenters. The predicted molar refractivity (Wildman–Crippen MR) is 148 cm³/mol. The Labute approximate surface area is 240 Å². The fourth-order valence-electron chi connectivity index (χ4n) is 7.11. The van der Waals surface area contributed by atoms with E-state index >= 15 is 0 Å². The Morgan fingerprint density at radius 2 is 1.95 bits per heavy atom. The number of nitrogens with two attached hydrogens (primary N) is 1. The number of amides is 1. The molecule has 4 N–H and O–H groups in total. The molecular formula is C30H41N3O8. The number of nitrogens with zero attached hydrogens (tertiary/aromatic N) is 1. The molecule has 2 heterocycles. The van der Waals surface area contributed by atoms with Gasteiger partial charge in [-0.2, -0.15) is 0 Å². The van der Waals surface area contributed by atoms with Crippen LogP contribution >= 0.6 is 0 Å². The molecule has 2 aliphatic heterocycles. The number of hydrogen-bond acceptors (Lipinski definition) is 10. The summed E-state index contributed by atoms with van der Waals surface area (Å²) >= 11 is 0. The van der Waals surface area contributed by atoms with Gasteiger partial charge < -0.3 is 40.0 Å². The van der Waals surface area contributed by atoms with Gasteiger partial charge >= 0.3 is 11.9 Å². The van der Waals surface area contributed by atoms with Crippen LogP contribution in [-0.2, 0) is 35.7 Å². The second kappa shape index (κ2) is 10.6. The quantitative estimate of drug-likeness (QED) is 0.371. The number of likely N-dealkylation sites (N-methyl/N-ethyl adjacent to an activating group) is 1. The second-order valence-corrected chi connectivity index (χ2v) is 12.3. The smallest absolute Gasteiger partial charge is 0.352 e. The molecule has 4 aliphatic rings. The molecule has 1 aromatic rings. The van der Waals surface area contributed by atoms with Gasteiger partial charge in [0.05, 0.1) is 24.2 Å². The standard InChI is InChI=1S/C30H41N3O8/c1-15(2)13-19(31)26(34)32-16(3)27(35)39-17(4)28(36)40-21-9-10-30(37)22-14-18-7-8-20(38-6)24-23(18)29(30,25(21)41-24)11-12-33(22)5/h7-9,15-17,19,22,25,37H,10-14,31H2,1-6H3,(H,32,34)/t16-,17-,19-,22-,25-,29-,30+/m0/s1. The van der Waals surface area contributed by atoms with Crippen LogP contribution in [0.1, 0.15) is 58.1 Å². The van der Waals surface area contributed by atoms with Crippen molar-refractivity contribution < 1.29 is 38.4 Å². The van der Waals surface area contributed by atoms with Gasteiger partial charge in [-0.25, -0.2) is 9.59 Å². The Hall–Kier alpha value is -3.15. The number of aliphatic hydroxyl groups is 1. The maximum absolute atomic E-state index is 13.2. The Bertz CT molecular complexity index is 1280. The molecule has 2 aliphatic carbocycles. The van der Waals surface area contributed by atoms with Crippen molar-refractivity contribution in [3.8, 4) is 11.5 Å². The largest absolute Gasteiger partial charge is 0.493 e. The van der Waals surface area contributed by atoms with Crippen molar-refractivity contribution in [2.75, 3.05) is 20.7 Å². The fourth-order valence-corrected chi connectivity index (χ4v) is 7.11. The topological polar surface area (TPSA) is 150 Å². The Morgan fingerprint density at radius 1 is 1.22 bits per heavy atom. The zero-order valence-corrected chi connectivity index (χ0v) is 24.6. The van der Waals surface area contributed by atoms with Crippen LogP contribution < -0.4 is 20.5 Å². The zero-order chi connectivity index (χ0) is 29.9. The third kappa shape index (κ3) is 4.58. The minimum atomic E-state index is -1.25. The number of rotatable bonds is 9. The number of ether oxygens (including phenoxy) is 4. The van der Waals surface area contributed by atoms with Crippen LogP contribution in [0, 0.1) is 5.92 Å². The highest BCUT2D eigenvalue weighted by atomic mass is 16.6. The van der Waals surface area contributed by atoms with Crippen LogP contribution in [0.25, 0.3) is 0 Å². The highest BCUT2D eigenvalue weighted by Crippen LogP contribution is 2.65. The van der Waals surface area contributed by atoms with Crippen LogP contribution in [0.2, 0.25) is 0 Å². The number of piperidine rings is 1. The number of carbonyl (C=O) groups is 3. The summed E-state index contributed by atoms with van der Waals surface area (Å²) < 4.78 is 23.3. The summed E-state index contributed by atoms with van der Waals surface area (Å²) in [7, 11) is 3.59. The predicted octanol–water partition coefficient (Wildman–Crippen LogP) is 1.33. The average molecular weight is 572 g/mol. The first-order chi connectivity index (χ1) is 19.3. The molecule has 1 spiro atoms. The minimum absolute atomic E-state index is 0.132. The molecule has 1 amide bonds. The lowest BCUT2D eigenvalue weighted by Gasteiger charge is -2.61. The van der Waals surface area contributed by atoms with E-state index in [4.69, 9.17) is 24.7 Å². The zero-order valence-electron chi connectivity index (χ0n) is 24.6. The monoisotopic (exact) mass is 571 g/mol. The van der Waals surface area contributed by atoms with Crippen molar-refractivity contribution in [3.63, 3.8) is 0 Å². The molecule has 7 atom stereocenters. The van der Waals surface area contributed by atoms with E-state index in [0.29, 0.717) is 30.8 Å². The lowest BCUT2D eigenvalue weighted by molar-refractivity contribution is -0.176. The summed E-state index contributed by atoms with van der Waals surface area (Å²) in [4.78, 5) is 40.3. The number of methoxy groups -OCH3 is 1. The highest BCUT2D eigenvalue weighted by Gasteiger charge is 2.72. The van der Waals surface area contributed by atoms with Crippen LogP contribution in [0.3, 0.4) is 0 Å². The molecular weight excluding hydrogens is 530 g/mol. The molecule has 0 radical (unpaired) electrons. The molecule has 11 nitrogen and oxygen atoms in total. The van der Waals surface area contributed by atoms with Crippen molar-refractivity contribution in [3.05, 3.63) is 35.1 Å². The summed E-state index contributed by atoms with van der Waals surface area (Å²) in [5, 5.41) is 14.8. The first-order valence-corrected chi connectivity index (χ1v) is 14.3. The average Bonchev–Trinajstić information content (AvgIpc) is 3.27. The van der Waals surface area contributed by atoms with Crippen molar-refractivity contribution in [1.82, 2.24) is 10.2 Å². The Balaban J connectivity index is 1.33. The van der Waals surface area contributed by atoms with E-state index < -0.39 is 53.2 Å². The molecule has 2 bridgehead atoms. The molecule has 1 aromatic carbocycles. The van der Waals surface area contributed by atoms with Crippen molar-refractivity contribution in [2.24, 2.45) is 11.7 Å². The maximum atomic E-state index is 13.2. The van der Waals surface area contributed by atoms with Crippen LogP contribution in [0.5, 0.6) is 11.5 Å². The number of benzene rings is 1. The summed E-state index contributed by atoms with van der Waals surface area (Å²) in [5.74, 6) is -0.407. The van der Waals surface area contributed by atoms with E-state index in [9.17, 15) is 19.5 Å². The second-order valence-electron chi connectivity index (χ2n) is 12.3. The van der Waals surface area contributed by atoms with E-state index in [2.05, 4.69) is 10.2 Å². The number of hydrogen-bond donors (Lipinski definition) is 3. The third-order valence-corrected chi connectivity index (χ3v) is 9.18. The Morgan fingerprint density at radius 3 is 2.63 bits per heavy atom. The molecule has 224 valence electrons. The van der Waals surface area contributed by atoms with Gasteiger partial charge in [-0.05, 0) is 70.3 Å². The number of carbonyl (C=O) groups excluding carboxylic acids is 3. The summed E-state index contributed by atoms with van der Waals surface area (Å²) in [6.07, 6.45) is 1.72. The first-order valence-electron chi connectivity index (χ1n) is 14.3. The van der Waals surface area contributed by atoms with E-state index in [1.807, 2.05) is 33.0 Å². The van der Waals surface area contributed by atoms with Crippen LogP contribution in [0.4, 0.5) is 0 Å². The Kier molecular flexibility index (Phi) is 7.59.